The van der Waals surface area contributed by atoms with E-state index in [-0.39, 0.29) is 0 Å². The number of hydrogen-bond acceptors (Lipinski definition) is 0. The van der Waals surface area contributed by atoms with E-state index in [9.17, 15) is 4.39 Å². The summed E-state index contributed by atoms with van der Waals surface area (Å²) in [5.74, 6) is 1.52. The van der Waals surface area contributed by atoms with Gasteiger partial charge in [-0.2, -0.15) is 0 Å². The van der Waals surface area contributed by atoms with Crippen LogP contribution in [0.3, 0.4) is 0 Å². The van der Waals surface area contributed by atoms with Crippen molar-refractivity contribution in [2.24, 2.45) is 17.3 Å². The Balaban J connectivity index is 2.02. The first-order chi connectivity index (χ1) is 5.15. The number of halogens is 1. The van der Waals surface area contributed by atoms with E-state index in [4.69, 9.17) is 0 Å². The van der Waals surface area contributed by atoms with Crippen molar-refractivity contribution >= 4 is 0 Å². The molecule has 2 saturated carbocycles. The van der Waals surface area contributed by atoms with Gasteiger partial charge >= 0.3 is 0 Å². The van der Waals surface area contributed by atoms with Crippen LogP contribution < -0.4 is 0 Å². The fourth-order valence-corrected chi connectivity index (χ4v) is 2.87. The first kappa shape index (κ1) is 7.57. The molecule has 0 aromatic rings. The van der Waals surface area contributed by atoms with Gasteiger partial charge in [0.15, 0.2) is 0 Å². The van der Waals surface area contributed by atoms with E-state index in [1.165, 1.54) is 6.42 Å². The molecule has 0 aromatic heterocycles. The van der Waals surface area contributed by atoms with E-state index in [0.29, 0.717) is 5.41 Å². The van der Waals surface area contributed by atoms with Crippen LogP contribution in [-0.2, 0) is 0 Å². The lowest BCUT2D eigenvalue weighted by Crippen LogP contribution is -2.21. The lowest BCUT2D eigenvalue weighted by molar-refractivity contribution is 0.167. The predicted octanol–water partition coefficient (Wildman–Crippen LogP) is 3.17. The molecule has 0 bridgehead atoms. The van der Waals surface area contributed by atoms with Crippen LogP contribution in [0.25, 0.3) is 0 Å². The lowest BCUT2D eigenvalue weighted by atomic mass is 9.80. The average molecular weight is 156 g/mol. The Morgan fingerprint density at radius 2 is 2.18 bits per heavy atom. The Bertz CT molecular complexity index is 164. The maximum absolute atomic E-state index is 12.9. The molecule has 0 saturated heterocycles. The zero-order chi connectivity index (χ0) is 8.06. The average Bonchev–Trinajstić information content (AvgIpc) is 2.62. The highest BCUT2D eigenvalue weighted by Gasteiger charge is 2.58. The summed E-state index contributed by atoms with van der Waals surface area (Å²) in [6.07, 6.45) is 3.67. The van der Waals surface area contributed by atoms with Crippen LogP contribution >= 0.6 is 0 Å². The van der Waals surface area contributed by atoms with Crippen LogP contribution in [0, 0.1) is 17.3 Å². The molecule has 2 aliphatic rings. The molecule has 0 aromatic carbocycles. The molecular weight excluding hydrogens is 139 g/mol. The topological polar surface area (TPSA) is 0 Å². The highest BCUT2D eigenvalue weighted by molar-refractivity contribution is 5.07. The van der Waals surface area contributed by atoms with Gasteiger partial charge < -0.3 is 0 Å². The maximum Gasteiger partial charge on any atom is 0.100 e. The summed E-state index contributed by atoms with van der Waals surface area (Å²) in [5, 5.41) is 0. The van der Waals surface area contributed by atoms with Crippen molar-refractivity contribution in [3.8, 4) is 0 Å². The third-order valence-corrected chi connectivity index (χ3v) is 3.89. The fourth-order valence-electron chi connectivity index (χ4n) is 2.87. The summed E-state index contributed by atoms with van der Waals surface area (Å²) in [6.45, 7) is 4.58. The molecule has 3 atom stereocenters. The van der Waals surface area contributed by atoms with Crippen LogP contribution in [0.15, 0.2) is 0 Å². The molecule has 64 valence electrons. The van der Waals surface area contributed by atoms with Crippen LogP contribution in [0.5, 0.6) is 0 Å². The second-order valence-electron chi connectivity index (χ2n) is 4.66. The van der Waals surface area contributed by atoms with Crippen molar-refractivity contribution in [1.82, 2.24) is 0 Å². The largest absolute Gasteiger partial charge is 0.247 e. The molecule has 1 heteroatoms. The van der Waals surface area contributed by atoms with Gasteiger partial charge in [0.1, 0.15) is 6.17 Å². The monoisotopic (exact) mass is 156 g/mol. The second-order valence-corrected chi connectivity index (χ2v) is 4.66. The molecule has 3 unspecified atom stereocenters. The van der Waals surface area contributed by atoms with Crippen LogP contribution in [-0.4, -0.2) is 6.17 Å². The van der Waals surface area contributed by atoms with Gasteiger partial charge in [-0.15, -0.1) is 0 Å². The van der Waals surface area contributed by atoms with Gasteiger partial charge in [0.25, 0.3) is 0 Å². The van der Waals surface area contributed by atoms with E-state index in [0.717, 1.165) is 31.1 Å². The van der Waals surface area contributed by atoms with E-state index < -0.39 is 6.17 Å². The summed E-state index contributed by atoms with van der Waals surface area (Å²) in [7, 11) is 0. The predicted molar refractivity (Wildman–Crippen MR) is 44.1 cm³/mol. The number of hydrogen-bond donors (Lipinski definition) is 0. The molecule has 0 nitrogen and oxygen atoms in total. The minimum absolute atomic E-state index is 0.477. The van der Waals surface area contributed by atoms with Crippen molar-refractivity contribution in [3.63, 3.8) is 0 Å². The molecule has 11 heavy (non-hydrogen) atoms. The Kier molecular flexibility index (Phi) is 1.52. The van der Waals surface area contributed by atoms with Crippen molar-refractivity contribution in [2.45, 2.75) is 45.7 Å². The standard InChI is InChI=1S/C10H17F/c1-7(2)10-4-3-9(11)5-8(10)6-10/h7-9H,3-6H2,1-2H3. The van der Waals surface area contributed by atoms with E-state index in [1.54, 1.807) is 0 Å². The normalized spacial score (nSPS) is 49.1. The highest BCUT2D eigenvalue weighted by Crippen LogP contribution is 2.65. The Morgan fingerprint density at radius 3 is 2.73 bits per heavy atom. The van der Waals surface area contributed by atoms with Crippen LogP contribution in [0.1, 0.15) is 39.5 Å². The molecule has 2 fully saturated rings. The van der Waals surface area contributed by atoms with Crippen molar-refractivity contribution in [1.29, 1.82) is 0 Å². The van der Waals surface area contributed by atoms with Crippen LogP contribution in [0.4, 0.5) is 4.39 Å². The van der Waals surface area contributed by atoms with Gasteiger partial charge in [0.2, 0.25) is 0 Å². The van der Waals surface area contributed by atoms with Gasteiger partial charge in [-0.3, -0.25) is 0 Å². The van der Waals surface area contributed by atoms with Gasteiger partial charge in [0, 0.05) is 0 Å². The third-order valence-electron chi connectivity index (χ3n) is 3.89. The van der Waals surface area contributed by atoms with Crippen molar-refractivity contribution < 1.29 is 4.39 Å². The molecule has 0 heterocycles. The van der Waals surface area contributed by atoms with Gasteiger partial charge in [0.05, 0.1) is 0 Å². The number of alkyl halides is 1. The Hall–Kier alpha value is -0.0700. The molecule has 0 aliphatic heterocycles. The number of fused-ring (bicyclic) bond motifs is 1. The fraction of sp³-hybridized carbons (Fsp3) is 1.00. The van der Waals surface area contributed by atoms with Crippen molar-refractivity contribution in [2.75, 3.05) is 0 Å². The Morgan fingerprint density at radius 1 is 1.45 bits per heavy atom. The summed E-state index contributed by atoms with van der Waals surface area (Å²) in [4.78, 5) is 0. The molecular formula is C10H17F. The van der Waals surface area contributed by atoms with E-state index in [2.05, 4.69) is 13.8 Å². The zero-order valence-corrected chi connectivity index (χ0v) is 7.44. The van der Waals surface area contributed by atoms with Gasteiger partial charge in [-0.1, -0.05) is 13.8 Å². The molecule has 0 radical (unpaired) electrons. The first-order valence-electron chi connectivity index (χ1n) is 4.79. The zero-order valence-electron chi connectivity index (χ0n) is 7.44. The minimum atomic E-state index is -0.477. The lowest BCUT2D eigenvalue weighted by Gasteiger charge is -2.27. The first-order valence-corrected chi connectivity index (χ1v) is 4.79. The molecule has 2 aliphatic carbocycles. The second kappa shape index (κ2) is 2.21. The SMILES string of the molecule is CC(C)C12CCC(F)CC1C2. The Labute approximate surface area is 68.2 Å². The van der Waals surface area contributed by atoms with E-state index >= 15 is 0 Å². The van der Waals surface area contributed by atoms with Crippen molar-refractivity contribution in [3.05, 3.63) is 0 Å². The molecule has 0 spiro atoms. The summed E-state index contributed by atoms with van der Waals surface area (Å²) in [6, 6.07) is 0. The summed E-state index contributed by atoms with van der Waals surface area (Å²) >= 11 is 0. The highest BCUT2D eigenvalue weighted by atomic mass is 19.1. The quantitative estimate of drug-likeness (QED) is 0.547. The molecule has 0 amide bonds. The van der Waals surface area contributed by atoms with Gasteiger partial charge in [-0.05, 0) is 42.9 Å². The smallest absolute Gasteiger partial charge is 0.100 e. The molecule has 0 N–H and O–H groups in total. The minimum Gasteiger partial charge on any atom is -0.247 e. The molecule has 2 rings (SSSR count). The maximum atomic E-state index is 12.9. The third kappa shape index (κ3) is 1.00. The van der Waals surface area contributed by atoms with Crippen LogP contribution in [0.2, 0.25) is 0 Å². The van der Waals surface area contributed by atoms with Gasteiger partial charge in [-0.25, -0.2) is 4.39 Å². The summed E-state index contributed by atoms with van der Waals surface area (Å²) < 4.78 is 12.9. The number of rotatable bonds is 1. The van der Waals surface area contributed by atoms with E-state index in [1.807, 2.05) is 0 Å². The summed E-state index contributed by atoms with van der Waals surface area (Å²) in [5.41, 5.74) is 0.586.